The van der Waals surface area contributed by atoms with Crippen molar-refractivity contribution in [3.05, 3.63) is 14.9 Å². The van der Waals surface area contributed by atoms with E-state index in [1.807, 2.05) is 38.5 Å². The number of rotatable bonds is 2. The fraction of sp³-hybridized carbons (Fsp3) is 0.500. The first-order valence-corrected chi connectivity index (χ1v) is 7.85. The summed E-state index contributed by atoms with van der Waals surface area (Å²) in [6.07, 6.45) is 0. The highest BCUT2D eigenvalue weighted by atomic mass is 79.9. The minimum absolute atomic E-state index is 0.255. The highest BCUT2D eigenvalue weighted by molar-refractivity contribution is 9.11. The second kappa shape index (κ2) is 5.29. The Morgan fingerprint density at radius 1 is 1.56 bits per heavy atom. The van der Waals surface area contributed by atoms with Gasteiger partial charge < -0.3 is 0 Å². The van der Waals surface area contributed by atoms with Gasteiger partial charge in [-0.3, -0.25) is 0 Å². The second-order valence-corrected chi connectivity index (χ2v) is 9.18. The predicted molar refractivity (Wildman–Crippen MR) is 76.8 cm³/mol. The molecule has 0 bridgehead atoms. The molecule has 0 saturated carbocycles. The third-order valence-corrected chi connectivity index (χ3v) is 5.66. The molecule has 1 aromatic rings. The van der Waals surface area contributed by atoms with Gasteiger partial charge in [0.05, 0.1) is 3.79 Å². The summed E-state index contributed by atoms with van der Waals surface area (Å²) < 4.78 is 14.5. The van der Waals surface area contributed by atoms with Crippen molar-refractivity contribution in [1.82, 2.24) is 0 Å². The van der Waals surface area contributed by atoms with Gasteiger partial charge in [0, 0.05) is 4.75 Å². The van der Waals surface area contributed by atoms with E-state index in [9.17, 15) is 4.21 Å². The van der Waals surface area contributed by atoms with E-state index in [0.29, 0.717) is 5.02 Å². The van der Waals surface area contributed by atoms with Crippen LogP contribution in [0.1, 0.15) is 20.8 Å². The third-order valence-electron chi connectivity index (χ3n) is 1.82. The number of halogens is 2. The zero-order valence-corrected chi connectivity index (χ0v) is 13.6. The molecule has 0 aliphatic rings. The lowest BCUT2D eigenvalue weighted by atomic mass is 10.3. The number of nitrogens with zero attached hydrogens (tertiary/aromatic N) is 1. The molecule has 1 heterocycles. The van der Waals surface area contributed by atoms with Gasteiger partial charge in [-0.2, -0.15) is 4.58 Å². The van der Waals surface area contributed by atoms with Crippen molar-refractivity contribution >= 4 is 60.2 Å². The molecule has 0 aromatic carbocycles. The molecule has 0 spiro atoms. The fourth-order valence-corrected chi connectivity index (χ4v) is 3.66. The van der Waals surface area contributed by atoms with E-state index in [-0.39, 0.29) is 4.75 Å². The maximum Gasteiger partial charge on any atom is 0.281 e. The normalized spacial score (nSPS) is 15.2. The van der Waals surface area contributed by atoms with Gasteiger partial charge >= 0.3 is 0 Å². The lowest BCUT2D eigenvalue weighted by Crippen LogP contribution is -2.24. The van der Waals surface area contributed by atoms with Crippen molar-refractivity contribution in [2.24, 2.45) is 0 Å². The van der Waals surface area contributed by atoms with Crippen LogP contribution in [0.2, 0.25) is 5.02 Å². The molecule has 1 rings (SSSR count). The summed E-state index contributed by atoms with van der Waals surface area (Å²) in [5.41, 5.74) is 1.70. The van der Waals surface area contributed by atoms with Crippen molar-refractivity contribution in [2.75, 3.05) is 7.05 Å². The van der Waals surface area contributed by atoms with E-state index in [1.165, 1.54) is 11.3 Å². The Balaban J connectivity index is 3.03. The standard InChI is InChI=1S/C10H14BrClNOS2/c1-10(2,3)16(14)6-13(4)9-7(12)5-8(11)15-9/h5-6H,1-4H3/q+1/b13-6+/t16-/m0/s1. The van der Waals surface area contributed by atoms with E-state index in [0.717, 1.165) is 8.79 Å². The Labute approximate surface area is 116 Å². The van der Waals surface area contributed by atoms with Crippen LogP contribution < -0.4 is 0 Å². The highest BCUT2D eigenvalue weighted by Crippen LogP contribution is 2.36. The Bertz CT molecular complexity index is 448. The predicted octanol–water partition coefficient (Wildman–Crippen LogP) is 4.01. The summed E-state index contributed by atoms with van der Waals surface area (Å²) in [6, 6.07) is 1.84. The first-order chi connectivity index (χ1) is 7.21. The Morgan fingerprint density at radius 3 is 2.50 bits per heavy atom. The molecule has 1 aromatic heterocycles. The molecule has 0 amide bonds. The van der Waals surface area contributed by atoms with Crippen LogP contribution in [0.4, 0.5) is 5.00 Å². The van der Waals surface area contributed by atoms with Crippen LogP contribution in [0, 0.1) is 0 Å². The van der Waals surface area contributed by atoms with Crippen LogP contribution in [0.25, 0.3) is 0 Å². The van der Waals surface area contributed by atoms with Crippen LogP contribution in [0.15, 0.2) is 9.85 Å². The maximum atomic E-state index is 11.9. The topological polar surface area (TPSA) is 20.1 Å². The Hall–Kier alpha value is 0.290. The van der Waals surface area contributed by atoms with Crippen LogP contribution >= 0.6 is 38.9 Å². The van der Waals surface area contributed by atoms with Gasteiger partial charge in [0.15, 0.2) is 0 Å². The molecule has 6 heteroatoms. The molecule has 16 heavy (non-hydrogen) atoms. The SMILES string of the molecule is C/[N+](=C\[S@](=O)C(C)(C)C)c1sc(Br)cc1Cl. The summed E-state index contributed by atoms with van der Waals surface area (Å²) in [6.45, 7) is 5.83. The van der Waals surface area contributed by atoms with Crippen molar-refractivity contribution < 1.29 is 8.78 Å². The Morgan fingerprint density at radius 2 is 2.12 bits per heavy atom. The average molecular weight is 344 g/mol. The van der Waals surface area contributed by atoms with E-state index in [1.54, 1.807) is 5.55 Å². The molecule has 90 valence electrons. The molecule has 0 radical (unpaired) electrons. The van der Waals surface area contributed by atoms with Crippen molar-refractivity contribution in [3.8, 4) is 0 Å². The zero-order valence-electron chi connectivity index (χ0n) is 9.58. The van der Waals surface area contributed by atoms with Crippen molar-refractivity contribution in [2.45, 2.75) is 25.5 Å². The summed E-state index contributed by atoms with van der Waals surface area (Å²) in [7, 11) is 0.822. The zero-order chi connectivity index (χ0) is 12.5. The van der Waals surface area contributed by atoms with E-state index >= 15 is 0 Å². The van der Waals surface area contributed by atoms with E-state index in [2.05, 4.69) is 15.9 Å². The largest absolute Gasteiger partial charge is 0.281 e. The molecule has 0 aliphatic carbocycles. The molecule has 0 fully saturated rings. The summed E-state index contributed by atoms with van der Waals surface area (Å²) in [4.78, 5) is 0. The summed E-state index contributed by atoms with van der Waals surface area (Å²) in [5.74, 6) is 0. The first-order valence-electron chi connectivity index (χ1n) is 4.65. The smallest absolute Gasteiger partial charge is 0.248 e. The van der Waals surface area contributed by atoms with Crippen molar-refractivity contribution in [1.29, 1.82) is 0 Å². The summed E-state index contributed by atoms with van der Waals surface area (Å²) >= 11 is 11.0. The third kappa shape index (κ3) is 3.65. The average Bonchev–Trinajstić information content (AvgIpc) is 2.43. The minimum atomic E-state index is -1.03. The van der Waals surface area contributed by atoms with E-state index < -0.39 is 10.8 Å². The number of hydrogen-bond donors (Lipinski definition) is 0. The first kappa shape index (κ1) is 14.4. The lowest BCUT2D eigenvalue weighted by Gasteiger charge is -2.12. The van der Waals surface area contributed by atoms with Crippen LogP contribution in [-0.2, 0) is 10.8 Å². The molecule has 0 unspecified atom stereocenters. The molecular weight excluding hydrogens is 330 g/mol. The minimum Gasteiger partial charge on any atom is -0.248 e. The van der Waals surface area contributed by atoms with Crippen molar-refractivity contribution in [3.63, 3.8) is 0 Å². The molecular formula is C10H14BrClNOS2+. The second-order valence-electron chi connectivity index (χ2n) is 4.33. The monoisotopic (exact) mass is 342 g/mol. The fourth-order valence-electron chi connectivity index (χ4n) is 0.922. The van der Waals surface area contributed by atoms with Crippen LogP contribution in [0.5, 0.6) is 0 Å². The number of thiophene rings is 1. The van der Waals surface area contributed by atoms with Gasteiger partial charge in [-0.1, -0.05) is 22.9 Å². The summed E-state index contributed by atoms with van der Waals surface area (Å²) in [5, 5.41) is 1.56. The van der Waals surface area contributed by atoms with Crippen LogP contribution in [-0.4, -0.2) is 26.1 Å². The van der Waals surface area contributed by atoms with Gasteiger partial charge in [0.2, 0.25) is 5.55 Å². The molecule has 1 atom stereocenters. The molecule has 0 N–H and O–H groups in total. The number of hydrogen-bond acceptors (Lipinski definition) is 2. The van der Waals surface area contributed by atoms with Crippen LogP contribution in [0.3, 0.4) is 0 Å². The maximum absolute atomic E-state index is 11.9. The molecule has 0 saturated heterocycles. The molecule has 0 aliphatic heterocycles. The lowest BCUT2D eigenvalue weighted by molar-refractivity contribution is -0.392. The highest BCUT2D eigenvalue weighted by Gasteiger charge is 2.23. The van der Waals surface area contributed by atoms with Gasteiger partial charge in [-0.05, 0) is 42.8 Å². The van der Waals surface area contributed by atoms with Gasteiger partial charge in [-0.15, -0.1) is 0 Å². The van der Waals surface area contributed by atoms with Gasteiger partial charge in [-0.25, -0.2) is 4.21 Å². The quantitative estimate of drug-likeness (QED) is 0.451. The Kier molecular flexibility index (Phi) is 4.75. The van der Waals surface area contributed by atoms with Gasteiger partial charge in [0.25, 0.3) is 5.00 Å². The van der Waals surface area contributed by atoms with E-state index in [4.69, 9.17) is 11.6 Å². The molecule has 2 nitrogen and oxygen atoms in total. The van der Waals surface area contributed by atoms with Gasteiger partial charge in [0.1, 0.15) is 22.9 Å².